The Kier molecular flexibility index (Phi) is 2.89. The summed E-state index contributed by atoms with van der Waals surface area (Å²) < 4.78 is 0. The van der Waals surface area contributed by atoms with Gasteiger partial charge in [-0.05, 0) is 55.4 Å². The second-order valence-corrected chi connectivity index (χ2v) is 5.81. The van der Waals surface area contributed by atoms with E-state index in [1.807, 2.05) is 0 Å². The number of anilines is 2. The molecule has 0 atom stereocenters. The zero-order valence-corrected chi connectivity index (χ0v) is 12.0. The molecule has 0 bridgehead atoms. The lowest BCUT2D eigenvalue weighted by Crippen LogP contribution is -2.26. The smallest absolute Gasteiger partial charge is 0.151 e. The van der Waals surface area contributed by atoms with Crippen LogP contribution in [0.15, 0.2) is 30.3 Å². The Morgan fingerprint density at radius 2 is 1.90 bits per heavy atom. The van der Waals surface area contributed by atoms with Crippen LogP contribution in [0.5, 0.6) is 0 Å². The number of fused-ring (bicyclic) bond motifs is 2. The van der Waals surface area contributed by atoms with Crippen LogP contribution < -0.4 is 4.90 Å². The van der Waals surface area contributed by atoms with Crippen molar-refractivity contribution < 1.29 is 0 Å². The largest absolute Gasteiger partial charge is 0.325 e. The molecule has 1 aromatic heterocycles. The summed E-state index contributed by atoms with van der Waals surface area (Å²) in [4.78, 5) is 7.08. The van der Waals surface area contributed by atoms with Crippen LogP contribution in [0.3, 0.4) is 0 Å². The van der Waals surface area contributed by atoms with Crippen LogP contribution in [0.2, 0.25) is 0 Å². The first-order valence-electron chi connectivity index (χ1n) is 7.65. The van der Waals surface area contributed by atoms with Gasteiger partial charge in [-0.25, -0.2) is 4.98 Å². The zero-order chi connectivity index (χ0) is 14.2. The molecular weight excluding hydrogens is 258 g/mol. The molecule has 2 aromatic rings. The standard InChI is InChI=1S/C18H17N3/c19-12-15-11-14-6-3-8-16(14)20-18(15)21-10-4-7-13-5-1-2-9-17(13)21/h1-2,5,9,11H,3-4,6-8,10H2. The lowest BCUT2D eigenvalue weighted by molar-refractivity contribution is 0.757. The molecule has 0 saturated heterocycles. The average Bonchev–Trinajstić information content (AvgIpc) is 3.00. The number of hydrogen-bond donors (Lipinski definition) is 0. The van der Waals surface area contributed by atoms with Gasteiger partial charge in [-0.15, -0.1) is 0 Å². The fourth-order valence-electron chi connectivity index (χ4n) is 3.50. The van der Waals surface area contributed by atoms with Crippen LogP contribution in [0.4, 0.5) is 11.5 Å². The quantitative estimate of drug-likeness (QED) is 0.799. The molecular formula is C18H17N3. The van der Waals surface area contributed by atoms with Crippen LogP contribution in [-0.2, 0) is 19.3 Å². The molecule has 0 radical (unpaired) electrons. The lowest BCUT2D eigenvalue weighted by Gasteiger charge is -2.31. The molecule has 0 spiro atoms. The molecule has 0 unspecified atom stereocenters. The summed E-state index contributed by atoms with van der Waals surface area (Å²) in [6, 6.07) is 12.9. The number of aromatic nitrogens is 1. The predicted molar refractivity (Wildman–Crippen MR) is 82.7 cm³/mol. The predicted octanol–water partition coefficient (Wildman–Crippen LogP) is 3.53. The SMILES string of the molecule is N#Cc1cc2c(nc1N1CCCc3ccccc31)CCC2. The second kappa shape index (κ2) is 4.89. The van der Waals surface area contributed by atoms with Crippen LogP contribution in [0, 0.1) is 11.3 Å². The fourth-order valence-corrected chi connectivity index (χ4v) is 3.50. The molecule has 0 fully saturated rings. The molecule has 2 aliphatic rings. The summed E-state index contributed by atoms with van der Waals surface area (Å²) in [5.41, 5.74) is 5.74. The molecule has 0 saturated carbocycles. The summed E-state index contributed by atoms with van der Waals surface area (Å²) in [5, 5.41) is 9.51. The molecule has 0 amide bonds. The van der Waals surface area contributed by atoms with E-state index in [1.165, 1.54) is 22.5 Å². The van der Waals surface area contributed by atoms with Crippen molar-refractivity contribution in [3.63, 3.8) is 0 Å². The molecule has 2 heterocycles. The molecule has 3 heteroatoms. The second-order valence-electron chi connectivity index (χ2n) is 5.81. The Balaban J connectivity index is 1.86. The van der Waals surface area contributed by atoms with Gasteiger partial charge in [0.2, 0.25) is 0 Å². The maximum Gasteiger partial charge on any atom is 0.151 e. The number of rotatable bonds is 1. The Morgan fingerprint density at radius 1 is 1.05 bits per heavy atom. The van der Waals surface area contributed by atoms with E-state index in [0.717, 1.165) is 44.5 Å². The first-order chi connectivity index (χ1) is 10.4. The third-order valence-electron chi connectivity index (χ3n) is 4.52. The van der Waals surface area contributed by atoms with Crippen molar-refractivity contribution in [2.75, 3.05) is 11.4 Å². The van der Waals surface area contributed by atoms with E-state index >= 15 is 0 Å². The number of pyridine rings is 1. The van der Waals surface area contributed by atoms with E-state index in [2.05, 4.69) is 41.3 Å². The topological polar surface area (TPSA) is 39.9 Å². The van der Waals surface area contributed by atoms with Gasteiger partial charge in [-0.1, -0.05) is 18.2 Å². The number of benzene rings is 1. The minimum Gasteiger partial charge on any atom is -0.325 e. The highest BCUT2D eigenvalue weighted by molar-refractivity contribution is 5.70. The van der Waals surface area contributed by atoms with Crippen molar-refractivity contribution in [2.24, 2.45) is 0 Å². The van der Waals surface area contributed by atoms with Crippen LogP contribution in [0.25, 0.3) is 0 Å². The van der Waals surface area contributed by atoms with Gasteiger partial charge in [0, 0.05) is 17.9 Å². The maximum atomic E-state index is 9.51. The highest BCUT2D eigenvalue weighted by Crippen LogP contribution is 2.35. The van der Waals surface area contributed by atoms with Gasteiger partial charge in [0.15, 0.2) is 5.82 Å². The minimum atomic E-state index is 0.715. The van der Waals surface area contributed by atoms with Crippen molar-refractivity contribution in [1.82, 2.24) is 4.98 Å². The van der Waals surface area contributed by atoms with Crippen molar-refractivity contribution in [3.8, 4) is 6.07 Å². The Hall–Kier alpha value is -2.34. The van der Waals surface area contributed by atoms with Gasteiger partial charge < -0.3 is 4.90 Å². The number of nitriles is 1. The van der Waals surface area contributed by atoms with Gasteiger partial charge in [0.25, 0.3) is 0 Å². The molecule has 4 rings (SSSR count). The molecule has 1 aliphatic carbocycles. The number of nitrogens with zero attached hydrogens (tertiary/aromatic N) is 3. The first kappa shape index (κ1) is 12.4. The minimum absolute atomic E-state index is 0.715. The third-order valence-corrected chi connectivity index (χ3v) is 4.52. The van der Waals surface area contributed by atoms with Crippen LogP contribution >= 0.6 is 0 Å². The van der Waals surface area contributed by atoms with Crippen molar-refractivity contribution in [1.29, 1.82) is 5.26 Å². The summed E-state index contributed by atoms with van der Waals surface area (Å²) in [6.45, 7) is 0.942. The molecule has 1 aliphatic heterocycles. The van der Waals surface area contributed by atoms with Gasteiger partial charge in [0.1, 0.15) is 6.07 Å². The fraction of sp³-hybridized carbons (Fsp3) is 0.333. The number of aryl methyl sites for hydroxylation is 3. The number of hydrogen-bond acceptors (Lipinski definition) is 3. The van der Waals surface area contributed by atoms with Gasteiger partial charge in [0.05, 0.1) is 5.56 Å². The maximum absolute atomic E-state index is 9.51. The summed E-state index contributed by atoms with van der Waals surface area (Å²) >= 11 is 0. The Bertz CT molecular complexity index is 743. The lowest BCUT2D eigenvalue weighted by atomic mass is 10.0. The van der Waals surface area contributed by atoms with Crippen molar-refractivity contribution >= 4 is 11.5 Å². The van der Waals surface area contributed by atoms with E-state index in [1.54, 1.807) is 0 Å². The molecule has 104 valence electrons. The van der Waals surface area contributed by atoms with E-state index in [0.29, 0.717) is 5.56 Å². The summed E-state index contributed by atoms with van der Waals surface area (Å²) in [6.07, 6.45) is 5.49. The third kappa shape index (κ3) is 1.99. The van der Waals surface area contributed by atoms with Crippen LogP contribution in [0.1, 0.15) is 35.2 Å². The first-order valence-corrected chi connectivity index (χ1v) is 7.65. The highest BCUT2D eigenvalue weighted by Gasteiger charge is 2.24. The highest BCUT2D eigenvalue weighted by atomic mass is 15.2. The normalized spacial score (nSPS) is 16.2. The van der Waals surface area contributed by atoms with Gasteiger partial charge in [-0.2, -0.15) is 5.26 Å². The monoisotopic (exact) mass is 275 g/mol. The molecule has 21 heavy (non-hydrogen) atoms. The van der Waals surface area contributed by atoms with Crippen molar-refractivity contribution in [2.45, 2.75) is 32.1 Å². The molecule has 0 N–H and O–H groups in total. The van der Waals surface area contributed by atoms with Crippen molar-refractivity contribution in [3.05, 3.63) is 52.7 Å². The molecule has 1 aromatic carbocycles. The van der Waals surface area contributed by atoms with E-state index in [-0.39, 0.29) is 0 Å². The van der Waals surface area contributed by atoms with Crippen LogP contribution in [-0.4, -0.2) is 11.5 Å². The number of para-hydroxylation sites is 1. The Morgan fingerprint density at radius 3 is 2.81 bits per heavy atom. The summed E-state index contributed by atoms with van der Waals surface area (Å²) in [7, 11) is 0. The van der Waals surface area contributed by atoms with Gasteiger partial charge >= 0.3 is 0 Å². The van der Waals surface area contributed by atoms with E-state index in [4.69, 9.17) is 4.98 Å². The average molecular weight is 275 g/mol. The summed E-state index contributed by atoms with van der Waals surface area (Å²) in [5.74, 6) is 0.852. The van der Waals surface area contributed by atoms with E-state index < -0.39 is 0 Å². The zero-order valence-electron chi connectivity index (χ0n) is 12.0. The van der Waals surface area contributed by atoms with Gasteiger partial charge in [-0.3, -0.25) is 0 Å². The molecule has 3 nitrogen and oxygen atoms in total. The Labute approximate surface area is 124 Å². The van der Waals surface area contributed by atoms with E-state index in [9.17, 15) is 5.26 Å².